The SMILES string of the molecule is CCCCC/C=C\C/C=C\CCCCCCCCCCCCCC(=O)N[C@@H](COC1OC(CO)C(O)[CH-]C1O)[C@H](O)/C=C/CCCCCCCCCCCCC.O=S(=O)([O-])O.[Na+]. The molecule has 1 rings (SSSR count). The first-order chi connectivity index (χ1) is 29.4. The molecule has 0 bridgehead atoms. The van der Waals surface area contributed by atoms with Gasteiger partial charge >= 0.3 is 29.6 Å². The fraction of sp³-hybridized carbons (Fsp3) is 0.833. The van der Waals surface area contributed by atoms with Gasteiger partial charge in [0.15, 0.2) is 6.29 Å². The first-order valence-corrected chi connectivity index (χ1v) is 25.5. The zero-order valence-corrected chi connectivity index (χ0v) is 42.0. The summed E-state index contributed by atoms with van der Waals surface area (Å²) in [6.45, 7) is 3.99. The molecule has 1 aliphatic heterocycles. The van der Waals surface area contributed by atoms with Crippen LogP contribution in [0.5, 0.6) is 0 Å². The van der Waals surface area contributed by atoms with Crippen molar-refractivity contribution in [3.63, 3.8) is 0 Å². The number of allylic oxidation sites excluding steroid dienone is 5. The van der Waals surface area contributed by atoms with Gasteiger partial charge in [-0.25, -0.2) is 8.42 Å². The Hall–Kier alpha value is -0.680. The van der Waals surface area contributed by atoms with E-state index >= 15 is 0 Å². The second-order valence-electron chi connectivity index (χ2n) is 16.7. The van der Waals surface area contributed by atoms with Crippen molar-refractivity contribution < 1.29 is 81.8 Å². The van der Waals surface area contributed by atoms with E-state index in [1.807, 2.05) is 6.08 Å². The van der Waals surface area contributed by atoms with Crippen LogP contribution >= 0.6 is 0 Å². The molecular formula is C48H89NNaO11S-. The fourth-order valence-corrected chi connectivity index (χ4v) is 7.20. The Kier molecular flexibility index (Phi) is 46.5. The Morgan fingerprint density at radius 2 is 1.10 bits per heavy atom. The number of rotatable bonds is 39. The number of carbonyl (C=O) groups is 1. The van der Waals surface area contributed by atoms with Crippen LogP contribution in [0.4, 0.5) is 0 Å². The molecule has 360 valence electrons. The van der Waals surface area contributed by atoms with Crippen molar-refractivity contribution in [1.82, 2.24) is 5.32 Å². The zero-order chi connectivity index (χ0) is 45.2. The molecular weight excluding hydrogens is 822 g/mol. The minimum Gasteiger partial charge on any atom is -0.726 e. The van der Waals surface area contributed by atoms with E-state index in [2.05, 4.69) is 43.5 Å². The Labute approximate surface area is 400 Å². The van der Waals surface area contributed by atoms with Crippen LogP contribution in [-0.4, -0.2) is 93.8 Å². The van der Waals surface area contributed by atoms with Gasteiger partial charge < -0.3 is 39.8 Å². The Morgan fingerprint density at radius 3 is 1.56 bits per heavy atom. The second-order valence-corrected chi connectivity index (χ2v) is 17.5. The summed E-state index contributed by atoms with van der Waals surface area (Å²) in [5.74, 6) is -0.137. The number of aliphatic hydroxyl groups excluding tert-OH is 4. The number of nitrogens with one attached hydrogen (secondary N) is 1. The van der Waals surface area contributed by atoms with Gasteiger partial charge in [-0.05, 0) is 63.6 Å². The Morgan fingerprint density at radius 1 is 0.694 bits per heavy atom. The van der Waals surface area contributed by atoms with E-state index in [1.165, 1.54) is 154 Å². The van der Waals surface area contributed by atoms with Gasteiger partial charge in [0.2, 0.25) is 16.3 Å². The number of unbranched alkanes of at least 4 members (excludes halogenated alkanes) is 25. The van der Waals surface area contributed by atoms with Crippen molar-refractivity contribution >= 4 is 16.3 Å². The number of aliphatic hydroxyl groups is 4. The van der Waals surface area contributed by atoms with Crippen LogP contribution in [0, 0.1) is 6.42 Å². The molecule has 0 saturated carbocycles. The number of hydrogen-bond acceptors (Lipinski definition) is 10. The summed E-state index contributed by atoms with van der Waals surface area (Å²) in [4.78, 5) is 12.9. The molecule has 62 heavy (non-hydrogen) atoms. The smallest absolute Gasteiger partial charge is 0.726 e. The van der Waals surface area contributed by atoms with Crippen LogP contribution < -0.4 is 34.9 Å². The minimum atomic E-state index is -4.92. The molecule has 0 spiro atoms. The third-order valence-corrected chi connectivity index (χ3v) is 10.9. The van der Waals surface area contributed by atoms with Gasteiger partial charge in [0, 0.05) is 6.42 Å². The number of carbonyl (C=O) groups excluding carboxylic acids is 1. The van der Waals surface area contributed by atoms with Gasteiger partial charge in [-0.2, -0.15) is 0 Å². The predicted molar refractivity (Wildman–Crippen MR) is 246 cm³/mol. The van der Waals surface area contributed by atoms with E-state index in [-0.39, 0.29) is 42.1 Å². The van der Waals surface area contributed by atoms with Crippen LogP contribution in [0.15, 0.2) is 36.5 Å². The third kappa shape index (κ3) is 43.2. The van der Waals surface area contributed by atoms with E-state index in [0.717, 1.165) is 38.5 Å². The minimum absolute atomic E-state index is 0. The first kappa shape index (κ1) is 63.4. The maximum absolute atomic E-state index is 12.9. The van der Waals surface area contributed by atoms with Crippen molar-refractivity contribution in [2.45, 2.75) is 243 Å². The molecule has 1 saturated heterocycles. The maximum Gasteiger partial charge on any atom is 1.00 e. The topological polar surface area (TPSA) is 206 Å². The van der Waals surface area contributed by atoms with Crippen molar-refractivity contribution in [2.75, 3.05) is 13.2 Å². The van der Waals surface area contributed by atoms with E-state index in [0.29, 0.717) is 6.42 Å². The van der Waals surface area contributed by atoms with Crippen molar-refractivity contribution in [2.24, 2.45) is 0 Å². The maximum atomic E-state index is 12.9. The number of amides is 1. The van der Waals surface area contributed by atoms with Crippen molar-refractivity contribution in [1.29, 1.82) is 0 Å². The van der Waals surface area contributed by atoms with E-state index in [4.69, 9.17) is 27.0 Å². The zero-order valence-electron chi connectivity index (χ0n) is 39.2. The van der Waals surface area contributed by atoms with Crippen LogP contribution in [0.25, 0.3) is 0 Å². The molecule has 0 aromatic heterocycles. The summed E-state index contributed by atoms with van der Waals surface area (Å²) in [5.41, 5.74) is 0. The molecule has 12 nitrogen and oxygen atoms in total. The summed E-state index contributed by atoms with van der Waals surface area (Å²) in [7, 11) is -4.92. The van der Waals surface area contributed by atoms with Crippen molar-refractivity contribution in [3.05, 3.63) is 42.9 Å². The van der Waals surface area contributed by atoms with Gasteiger partial charge in [0.25, 0.3) is 0 Å². The quantitative estimate of drug-likeness (QED) is 0.00934. The molecule has 0 aliphatic carbocycles. The van der Waals surface area contributed by atoms with Gasteiger partial charge in [0.1, 0.15) is 0 Å². The van der Waals surface area contributed by atoms with E-state index in [1.54, 1.807) is 6.08 Å². The summed E-state index contributed by atoms with van der Waals surface area (Å²) < 4.78 is 44.2. The van der Waals surface area contributed by atoms with E-state index in [9.17, 15) is 25.2 Å². The summed E-state index contributed by atoms with van der Waals surface area (Å²) in [6, 6.07) is -0.727. The van der Waals surface area contributed by atoms with Crippen LogP contribution in [0.3, 0.4) is 0 Å². The van der Waals surface area contributed by atoms with Crippen LogP contribution in [0.2, 0.25) is 0 Å². The average molecular weight is 911 g/mol. The molecule has 0 aromatic carbocycles. The van der Waals surface area contributed by atoms with Crippen molar-refractivity contribution in [3.8, 4) is 0 Å². The third-order valence-electron chi connectivity index (χ3n) is 10.9. The molecule has 1 heterocycles. The Bertz CT molecular complexity index is 1180. The molecule has 4 unspecified atom stereocenters. The van der Waals surface area contributed by atoms with Gasteiger partial charge in [0.05, 0.1) is 31.5 Å². The number of ether oxygens (including phenoxy) is 2. The predicted octanol–water partition coefficient (Wildman–Crippen LogP) is 6.91. The molecule has 0 radical (unpaired) electrons. The molecule has 1 amide bonds. The summed E-state index contributed by atoms with van der Waals surface area (Å²) in [6.07, 6.45) is 45.0. The molecule has 1 aliphatic rings. The van der Waals surface area contributed by atoms with Gasteiger partial charge in [-0.3, -0.25) is 15.8 Å². The summed E-state index contributed by atoms with van der Waals surface area (Å²) in [5, 5.41) is 43.8. The molecule has 6 N–H and O–H groups in total. The number of hydrogen-bond donors (Lipinski definition) is 6. The molecule has 1 fully saturated rings. The molecule has 14 heteroatoms. The largest absolute Gasteiger partial charge is 1.00 e. The Balaban J connectivity index is 0. The molecule has 0 aromatic rings. The van der Waals surface area contributed by atoms with Gasteiger partial charge in [-0.15, -0.1) is 0 Å². The van der Waals surface area contributed by atoms with Crippen LogP contribution in [-0.2, 0) is 24.7 Å². The average Bonchev–Trinajstić information content (AvgIpc) is 3.21. The van der Waals surface area contributed by atoms with E-state index < -0.39 is 53.8 Å². The van der Waals surface area contributed by atoms with Crippen LogP contribution in [0.1, 0.15) is 206 Å². The standard InChI is InChI=1S/C48H88NO7.Na.H2O4S/c1-3-5-7-9-11-13-15-17-18-19-20-21-22-23-24-26-28-30-32-34-36-38-47(54)49-42(41-55-48-45(53)39-44(52)46(40-50)56-48)43(51)37-35-33-31-29-27-25-16-14-12-10-8-6-4-2;;1-5(2,3)4/h11,13,17-18,35,37,39,42-46,48,50-53H,3-10,12,14-16,19-34,36,38,40-41H2,1-2H3,(H,49,54);;(H2,1,2,3,4)/q-1;+1;/p-1/b13-11-,18-17-,37-35+;;/t42-,43+,44?,45?,46?,48?;;/m0../s1. The monoisotopic (exact) mass is 911 g/mol. The van der Waals surface area contributed by atoms with Gasteiger partial charge in [-0.1, -0.05) is 185 Å². The summed E-state index contributed by atoms with van der Waals surface area (Å²) >= 11 is 0. The normalized spacial score (nSPS) is 19.1. The first-order valence-electron chi connectivity index (χ1n) is 24.1. The fourth-order valence-electron chi connectivity index (χ4n) is 7.20. The molecule has 6 atom stereocenters. The second kappa shape index (κ2) is 45.5.